The molecule has 0 aliphatic heterocycles. The molecule has 0 amide bonds. The smallest absolute Gasteiger partial charge is 0.0488 e. The van der Waals surface area contributed by atoms with E-state index < -0.39 is 0 Å². The van der Waals surface area contributed by atoms with Crippen LogP contribution in [0, 0.1) is 20.8 Å². The Hall–Kier alpha value is -1.28. The maximum Gasteiger partial charge on any atom is 0.0488 e. The Morgan fingerprint density at radius 1 is 1.05 bits per heavy atom. The van der Waals surface area contributed by atoms with Crippen molar-refractivity contribution < 1.29 is 0 Å². The number of benzene rings is 2. The molecule has 100 valence electrons. The van der Waals surface area contributed by atoms with E-state index in [-0.39, 0.29) is 0 Å². The summed E-state index contributed by atoms with van der Waals surface area (Å²) in [4.78, 5) is 0. The zero-order chi connectivity index (χ0) is 14.0. The molecule has 2 rings (SSSR count). The maximum absolute atomic E-state index is 3.60. The Balaban J connectivity index is 2.25. The molecule has 0 bridgehead atoms. The third-order valence-corrected chi connectivity index (χ3v) is 4.39. The van der Waals surface area contributed by atoms with Gasteiger partial charge in [0.15, 0.2) is 0 Å². The van der Waals surface area contributed by atoms with E-state index in [4.69, 9.17) is 0 Å². The molecule has 1 N–H and O–H groups in total. The summed E-state index contributed by atoms with van der Waals surface area (Å²) in [6.07, 6.45) is 0. The summed E-state index contributed by atoms with van der Waals surface area (Å²) in [5.41, 5.74) is 6.44. The van der Waals surface area contributed by atoms with Gasteiger partial charge in [-0.05, 0) is 56.5 Å². The van der Waals surface area contributed by atoms with Crippen molar-refractivity contribution >= 4 is 21.6 Å². The second-order valence-corrected chi connectivity index (χ2v) is 5.99. The molecule has 0 aliphatic carbocycles. The highest BCUT2D eigenvalue weighted by atomic mass is 79.9. The van der Waals surface area contributed by atoms with Crippen LogP contribution in [0.15, 0.2) is 40.9 Å². The predicted molar refractivity (Wildman–Crippen MR) is 86.8 cm³/mol. The first kappa shape index (κ1) is 14.1. The Kier molecular flexibility index (Phi) is 4.31. The number of rotatable bonds is 3. The molecule has 0 radical (unpaired) electrons. The van der Waals surface area contributed by atoms with Crippen molar-refractivity contribution in [3.63, 3.8) is 0 Å². The van der Waals surface area contributed by atoms with Crippen LogP contribution in [-0.2, 0) is 0 Å². The minimum Gasteiger partial charge on any atom is -0.378 e. The average molecular weight is 318 g/mol. The Morgan fingerprint density at radius 2 is 1.79 bits per heavy atom. The van der Waals surface area contributed by atoms with Gasteiger partial charge < -0.3 is 5.32 Å². The van der Waals surface area contributed by atoms with Gasteiger partial charge in [-0.3, -0.25) is 0 Å². The van der Waals surface area contributed by atoms with Crippen molar-refractivity contribution in [2.24, 2.45) is 0 Å². The van der Waals surface area contributed by atoms with Crippen molar-refractivity contribution in [3.8, 4) is 0 Å². The standard InChI is InChI=1S/C17H20BrN/c1-11-8-9-15(12(2)10-11)14(4)19-17-7-5-6-16(18)13(17)3/h5-10,14,19H,1-4H3. The third kappa shape index (κ3) is 3.19. The van der Waals surface area contributed by atoms with E-state index in [2.05, 4.69) is 85.3 Å². The first-order valence-corrected chi connectivity index (χ1v) is 7.37. The zero-order valence-corrected chi connectivity index (χ0v) is 13.5. The zero-order valence-electron chi connectivity index (χ0n) is 11.9. The van der Waals surface area contributed by atoms with Gasteiger partial charge in [0, 0.05) is 16.2 Å². The van der Waals surface area contributed by atoms with Crippen LogP contribution in [0.4, 0.5) is 5.69 Å². The lowest BCUT2D eigenvalue weighted by Crippen LogP contribution is -2.09. The van der Waals surface area contributed by atoms with Crippen LogP contribution in [-0.4, -0.2) is 0 Å². The lowest BCUT2D eigenvalue weighted by Gasteiger charge is -2.20. The van der Waals surface area contributed by atoms with Crippen LogP contribution in [0.25, 0.3) is 0 Å². The number of aryl methyl sites for hydroxylation is 2. The summed E-state index contributed by atoms with van der Waals surface area (Å²) in [6, 6.07) is 13.2. The minimum atomic E-state index is 0.300. The lowest BCUT2D eigenvalue weighted by atomic mass is 10.00. The second kappa shape index (κ2) is 5.79. The molecule has 0 saturated heterocycles. The largest absolute Gasteiger partial charge is 0.378 e. The van der Waals surface area contributed by atoms with E-state index in [1.54, 1.807) is 0 Å². The topological polar surface area (TPSA) is 12.0 Å². The minimum absolute atomic E-state index is 0.300. The Labute approximate surface area is 124 Å². The van der Waals surface area contributed by atoms with Crippen LogP contribution in [0.1, 0.15) is 35.2 Å². The third-order valence-electron chi connectivity index (χ3n) is 3.53. The highest BCUT2D eigenvalue weighted by molar-refractivity contribution is 9.10. The van der Waals surface area contributed by atoms with Crippen molar-refractivity contribution in [2.45, 2.75) is 33.7 Å². The van der Waals surface area contributed by atoms with Gasteiger partial charge in [-0.25, -0.2) is 0 Å². The fourth-order valence-corrected chi connectivity index (χ4v) is 2.75. The molecule has 1 atom stereocenters. The first-order chi connectivity index (χ1) is 8.99. The molecule has 19 heavy (non-hydrogen) atoms. The van der Waals surface area contributed by atoms with Crippen LogP contribution < -0.4 is 5.32 Å². The molecular formula is C17H20BrN. The van der Waals surface area contributed by atoms with Crippen molar-refractivity contribution in [3.05, 3.63) is 63.1 Å². The van der Waals surface area contributed by atoms with Gasteiger partial charge in [0.25, 0.3) is 0 Å². The van der Waals surface area contributed by atoms with E-state index in [1.165, 1.54) is 27.9 Å². The summed E-state index contributed by atoms with van der Waals surface area (Å²) in [5.74, 6) is 0. The van der Waals surface area contributed by atoms with Crippen LogP contribution in [0.2, 0.25) is 0 Å². The van der Waals surface area contributed by atoms with Crippen LogP contribution >= 0.6 is 15.9 Å². The van der Waals surface area contributed by atoms with Gasteiger partial charge in [0.2, 0.25) is 0 Å². The van der Waals surface area contributed by atoms with Crippen molar-refractivity contribution in [2.75, 3.05) is 5.32 Å². The fourth-order valence-electron chi connectivity index (χ4n) is 2.39. The van der Waals surface area contributed by atoms with E-state index >= 15 is 0 Å². The van der Waals surface area contributed by atoms with Crippen molar-refractivity contribution in [1.82, 2.24) is 0 Å². The normalized spacial score (nSPS) is 12.3. The van der Waals surface area contributed by atoms with Crippen molar-refractivity contribution in [1.29, 1.82) is 0 Å². The molecule has 2 aromatic rings. The van der Waals surface area contributed by atoms with Crippen LogP contribution in [0.3, 0.4) is 0 Å². The van der Waals surface area contributed by atoms with Gasteiger partial charge in [0.1, 0.15) is 0 Å². The molecule has 0 saturated carbocycles. The van der Waals surface area contributed by atoms with Crippen LogP contribution in [0.5, 0.6) is 0 Å². The molecule has 0 aromatic heterocycles. The maximum atomic E-state index is 3.60. The summed E-state index contributed by atoms with van der Waals surface area (Å²) in [5, 5.41) is 3.60. The first-order valence-electron chi connectivity index (χ1n) is 6.58. The molecule has 0 heterocycles. The highest BCUT2D eigenvalue weighted by Crippen LogP contribution is 2.28. The molecule has 2 heteroatoms. The molecule has 0 spiro atoms. The highest BCUT2D eigenvalue weighted by Gasteiger charge is 2.10. The number of anilines is 1. The SMILES string of the molecule is Cc1ccc(C(C)Nc2cccc(Br)c2C)c(C)c1. The van der Waals surface area contributed by atoms with Gasteiger partial charge in [-0.2, -0.15) is 0 Å². The summed E-state index contributed by atoms with van der Waals surface area (Å²) < 4.78 is 1.14. The van der Waals surface area contributed by atoms with E-state index in [0.717, 1.165) is 4.47 Å². The Morgan fingerprint density at radius 3 is 2.47 bits per heavy atom. The van der Waals surface area contributed by atoms with E-state index in [1.807, 2.05) is 0 Å². The van der Waals surface area contributed by atoms with Gasteiger partial charge in [0.05, 0.1) is 0 Å². The van der Waals surface area contributed by atoms with Gasteiger partial charge in [-0.1, -0.05) is 45.8 Å². The predicted octanol–water partition coefficient (Wildman–Crippen LogP) is 5.55. The number of halogens is 1. The average Bonchev–Trinajstić information content (AvgIpc) is 2.34. The molecule has 0 fully saturated rings. The number of nitrogens with one attached hydrogen (secondary N) is 1. The molecule has 1 unspecified atom stereocenters. The Bertz CT molecular complexity index is 590. The van der Waals surface area contributed by atoms with E-state index in [0.29, 0.717) is 6.04 Å². The van der Waals surface area contributed by atoms with E-state index in [9.17, 15) is 0 Å². The summed E-state index contributed by atoms with van der Waals surface area (Å²) in [6.45, 7) is 8.64. The summed E-state index contributed by atoms with van der Waals surface area (Å²) >= 11 is 3.58. The molecule has 2 aromatic carbocycles. The monoisotopic (exact) mass is 317 g/mol. The quantitative estimate of drug-likeness (QED) is 0.782. The fraction of sp³-hybridized carbons (Fsp3) is 0.294. The molecular weight excluding hydrogens is 298 g/mol. The summed E-state index contributed by atoms with van der Waals surface area (Å²) in [7, 11) is 0. The molecule has 0 aliphatic rings. The number of hydrogen-bond donors (Lipinski definition) is 1. The molecule has 1 nitrogen and oxygen atoms in total. The van der Waals surface area contributed by atoms with Gasteiger partial charge in [-0.15, -0.1) is 0 Å². The van der Waals surface area contributed by atoms with Gasteiger partial charge >= 0.3 is 0 Å². The number of hydrogen-bond acceptors (Lipinski definition) is 1. The lowest BCUT2D eigenvalue weighted by molar-refractivity contribution is 0.871. The second-order valence-electron chi connectivity index (χ2n) is 5.14.